The summed E-state index contributed by atoms with van der Waals surface area (Å²) in [6, 6.07) is 0. The van der Waals surface area contributed by atoms with Crippen molar-refractivity contribution in [2.24, 2.45) is 11.8 Å². The van der Waals surface area contributed by atoms with Crippen molar-refractivity contribution in [3.8, 4) is 0 Å². The fraction of sp³-hybridized carbons (Fsp3) is 0.750. The molecule has 3 unspecified atom stereocenters. The molecule has 0 aliphatic heterocycles. The Morgan fingerprint density at radius 2 is 2.14 bits per heavy atom. The van der Waals surface area contributed by atoms with Crippen molar-refractivity contribution in [2.45, 2.75) is 65.4 Å². The summed E-state index contributed by atoms with van der Waals surface area (Å²) in [4.78, 5) is 4.80. The third kappa shape index (κ3) is 2.48. The van der Waals surface area contributed by atoms with Gasteiger partial charge >= 0.3 is 0 Å². The van der Waals surface area contributed by atoms with E-state index >= 15 is 0 Å². The molecule has 0 bridgehead atoms. The van der Waals surface area contributed by atoms with E-state index < -0.39 is 0 Å². The normalized spacial score (nSPS) is 24.0. The Bertz CT molecular complexity index is 640. The highest BCUT2D eigenvalue weighted by atomic mass is 35.5. The van der Waals surface area contributed by atoms with Gasteiger partial charge in [0.15, 0.2) is 5.65 Å². The van der Waals surface area contributed by atoms with Gasteiger partial charge in [-0.05, 0) is 39.0 Å². The summed E-state index contributed by atoms with van der Waals surface area (Å²) in [5, 5.41) is 4.54. The van der Waals surface area contributed by atoms with Crippen molar-refractivity contribution in [1.82, 2.24) is 19.3 Å². The highest BCUT2D eigenvalue weighted by Gasteiger charge is 2.28. The van der Waals surface area contributed by atoms with Crippen LogP contribution < -0.4 is 0 Å². The van der Waals surface area contributed by atoms with Gasteiger partial charge < -0.3 is 4.57 Å². The van der Waals surface area contributed by atoms with E-state index in [1.54, 1.807) is 0 Å². The predicted molar refractivity (Wildman–Crippen MR) is 86.7 cm³/mol. The molecule has 1 saturated carbocycles. The third-order valence-electron chi connectivity index (χ3n) is 4.94. The molecule has 0 radical (unpaired) electrons. The average Bonchev–Trinajstić information content (AvgIpc) is 3.08. The number of nitrogens with zero attached hydrogens (tertiary/aromatic N) is 4. The number of aryl methyl sites for hydroxylation is 2. The molecule has 0 amide bonds. The maximum Gasteiger partial charge on any atom is 0.158 e. The largest absolute Gasteiger partial charge is 0.311 e. The number of aromatic nitrogens is 4. The van der Waals surface area contributed by atoms with Gasteiger partial charge in [-0.2, -0.15) is 5.10 Å². The Morgan fingerprint density at radius 1 is 1.38 bits per heavy atom. The van der Waals surface area contributed by atoms with Crippen LogP contribution in [0.5, 0.6) is 0 Å². The van der Waals surface area contributed by atoms with Crippen molar-refractivity contribution >= 4 is 22.8 Å². The number of hydrogen-bond donors (Lipinski definition) is 0. The molecule has 2 aromatic rings. The minimum Gasteiger partial charge on any atom is -0.311 e. The van der Waals surface area contributed by atoms with Crippen LogP contribution in [0.25, 0.3) is 11.2 Å². The minimum atomic E-state index is -0.0705. The summed E-state index contributed by atoms with van der Waals surface area (Å²) >= 11 is 6.39. The van der Waals surface area contributed by atoms with Crippen LogP contribution in [0.3, 0.4) is 0 Å². The number of rotatable bonds is 4. The van der Waals surface area contributed by atoms with Crippen LogP contribution in [0.4, 0.5) is 0 Å². The Balaban J connectivity index is 2.10. The molecule has 3 atom stereocenters. The fourth-order valence-electron chi connectivity index (χ4n) is 3.67. The molecule has 116 valence electrons. The van der Waals surface area contributed by atoms with Gasteiger partial charge in [-0.1, -0.05) is 19.8 Å². The molecule has 1 aliphatic carbocycles. The molecule has 0 N–H and O–H groups in total. The standard InChI is InChI=1S/C16H25ClN4/c1-5-21-16-14(12(4)19-21)18-15(11(3)17)20(16)9-13-8-6-7-10(13)2/h10-11,13H,5-9H2,1-4H3. The molecule has 0 spiro atoms. The van der Waals surface area contributed by atoms with Crippen LogP contribution in [0, 0.1) is 18.8 Å². The van der Waals surface area contributed by atoms with Crippen LogP contribution >= 0.6 is 11.6 Å². The smallest absolute Gasteiger partial charge is 0.158 e. The van der Waals surface area contributed by atoms with Crippen LogP contribution in [-0.4, -0.2) is 19.3 Å². The van der Waals surface area contributed by atoms with Crippen LogP contribution in [0.15, 0.2) is 0 Å². The Labute approximate surface area is 131 Å². The highest BCUT2D eigenvalue weighted by Crippen LogP contribution is 2.35. The number of fused-ring (bicyclic) bond motifs is 1. The highest BCUT2D eigenvalue weighted by molar-refractivity contribution is 6.20. The fourth-order valence-corrected chi connectivity index (χ4v) is 3.84. The van der Waals surface area contributed by atoms with Crippen LogP contribution in [-0.2, 0) is 13.1 Å². The molecule has 2 heterocycles. The quantitative estimate of drug-likeness (QED) is 0.790. The summed E-state index contributed by atoms with van der Waals surface area (Å²) < 4.78 is 4.41. The molecule has 3 rings (SSSR count). The van der Waals surface area contributed by atoms with Crippen molar-refractivity contribution < 1.29 is 0 Å². The summed E-state index contributed by atoms with van der Waals surface area (Å²) in [6.45, 7) is 10.4. The molecule has 1 fully saturated rings. The van der Waals surface area contributed by atoms with Gasteiger partial charge in [0.25, 0.3) is 0 Å². The molecule has 4 nitrogen and oxygen atoms in total. The first-order valence-electron chi connectivity index (χ1n) is 8.10. The molecular weight excluding hydrogens is 284 g/mol. The lowest BCUT2D eigenvalue weighted by Crippen LogP contribution is -2.17. The second-order valence-electron chi connectivity index (χ2n) is 6.44. The second kappa shape index (κ2) is 5.64. The molecular formula is C16H25ClN4. The topological polar surface area (TPSA) is 35.6 Å². The molecule has 1 aliphatic rings. The van der Waals surface area contributed by atoms with Gasteiger partial charge in [0.1, 0.15) is 11.3 Å². The van der Waals surface area contributed by atoms with Gasteiger partial charge in [0.2, 0.25) is 0 Å². The monoisotopic (exact) mass is 308 g/mol. The van der Waals surface area contributed by atoms with Crippen molar-refractivity contribution in [3.63, 3.8) is 0 Å². The number of halogens is 1. The zero-order valence-corrected chi connectivity index (χ0v) is 14.2. The maximum atomic E-state index is 6.39. The van der Waals surface area contributed by atoms with Crippen molar-refractivity contribution in [1.29, 1.82) is 0 Å². The number of imidazole rings is 1. The average molecular weight is 309 g/mol. The maximum absolute atomic E-state index is 6.39. The van der Waals surface area contributed by atoms with Crippen molar-refractivity contribution in [2.75, 3.05) is 0 Å². The van der Waals surface area contributed by atoms with E-state index in [0.717, 1.165) is 47.6 Å². The number of alkyl halides is 1. The second-order valence-corrected chi connectivity index (χ2v) is 7.09. The van der Waals surface area contributed by atoms with Gasteiger partial charge in [0, 0.05) is 13.1 Å². The van der Waals surface area contributed by atoms with E-state index in [9.17, 15) is 0 Å². The molecule has 21 heavy (non-hydrogen) atoms. The molecule has 0 saturated heterocycles. The van der Waals surface area contributed by atoms with Gasteiger partial charge in [0.05, 0.1) is 11.1 Å². The molecule has 2 aromatic heterocycles. The Kier molecular flexibility index (Phi) is 4.00. The lowest BCUT2D eigenvalue weighted by Gasteiger charge is -2.19. The van der Waals surface area contributed by atoms with E-state index in [-0.39, 0.29) is 5.38 Å². The predicted octanol–water partition coefficient (Wildman–Crippen LogP) is 4.30. The summed E-state index contributed by atoms with van der Waals surface area (Å²) in [7, 11) is 0. The zero-order valence-electron chi connectivity index (χ0n) is 13.4. The number of hydrogen-bond acceptors (Lipinski definition) is 2. The SMILES string of the molecule is CCn1nc(C)c2nc(C(C)Cl)n(CC3CCCC3C)c21. The summed E-state index contributed by atoms with van der Waals surface area (Å²) in [5.41, 5.74) is 3.17. The van der Waals surface area contributed by atoms with Crippen LogP contribution in [0.1, 0.15) is 56.9 Å². The van der Waals surface area contributed by atoms with Crippen molar-refractivity contribution in [3.05, 3.63) is 11.5 Å². The zero-order chi connectivity index (χ0) is 15.1. The summed E-state index contributed by atoms with van der Waals surface area (Å²) in [6.07, 6.45) is 4.01. The van der Waals surface area contributed by atoms with Gasteiger partial charge in [-0.25, -0.2) is 9.67 Å². The van der Waals surface area contributed by atoms with E-state index in [1.807, 2.05) is 13.8 Å². The van der Waals surface area contributed by atoms with E-state index in [4.69, 9.17) is 16.6 Å². The molecule has 5 heteroatoms. The third-order valence-corrected chi connectivity index (χ3v) is 5.13. The first-order valence-corrected chi connectivity index (χ1v) is 8.54. The van der Waals surface area contributed by atoms with Crippen LogP contribution in [0.2, 0.25) is 0 Å². The lowest BCUT2D eigenvalue weighted by atomic mass is 9.98. The van der Waals surface area contributed by atoms with Gasteiger partial charge in [-0.3, -0.25) is 0 Å². The van der Waals surface area contributed by atoms with E-state index in [1.165, 1.54) is 19.3 Å². The first-order chi connectivity index (χ1) is 10.0. The molecule has 0 aromatic carbocycles. The van der Waals surface area contributed by atoms with Gasteiger partial charge in [-0.15, -0.1) is 11.6 Å². The minimum absolute atomic E-state index is 0.0705. The Hall–Kier alpha value is -1.03. The lowest BCUT2D eigenvalue weighted by molar-refractivity contribution is 0.360. The van der Waals surface area contributed by atoms with E-state index in [0.29, 0.717) is 0 Å². The Morgan fingerprint density at radius 3 is 2.71 bits per heavy atom. The van der Waals surface area contributed by atoms with E-state index in [2.05, 4.69) is 28.2 Å². The summed E-state index contributed by atoms with van der Waals surface area (Å²) in [5.74, 6) is 2.52. The first kappa shape index (κ1) is 14.9.